The minimum absolute atomic E-state index is 0.126. The lowest BCUT2D eigenvalue weighted by atomic mass is 10.3. The largest absolute Gasteiger partial charge is 0.396 e. The van der Waals surface area contributed by atoms with Crippen LogP contribution in [0.25, 0.3) is 0 Å². The van der Waals surface area contributed by atoms with E-state index in [1.165, 1.54) is 6.07 Å². The van der Waals surface area contributed by atoms with E-state index in [4.69, 9.17) is 5.11 Å². The average Bonchev–Trinajstić information content (AvgIpc) is 2.09. The molecule has 0 unspecified atom stereocenters. The van der Waals surface area contributed by atoms with E-state index in [-0.39, 0.29) is 12.4 Å². The number of nitrogens with one attached hydrogen (secondary N) is 1. The quantitative estimate of drug-likeness (QED) is 0.671. The third-order valence-electron chi connectivity index (χ3n) is 1.52. The van der Waals surface area contributed by atoms with Crippen molar-refractivity contribution in [3.63, 3.8) is 0 Å². The lowest BCUT2D eigenvalue weighted by Crippen LogP contribution is -2.04. The summed E-state index contributed by atoms with van der Waals surface area (Å²) in [7, 11) is 0. The molecule has 0 aliphatic carbocycles. The fourth-order valence-electron chi connectivity index (χ4n) is 0.907. The van der Waals surface area contributed by atoms with Gasteiger partial charge in [0.1, 0.15) is 5.82 Å². The molecule has 0 saturated heterocycles. The lowest BCUT2D eigenvalue weighted by Gasteiger charge is -2.05. The molecule has 0 saturated carbocycles. The fourth-order valence-corrected chi connectivity index (χ4v) is 0.907. The van der Waals surface area contributed by atoms with Crippen LogP contribution in [-0.4, -0.2) is 18.3 Å². The Bertz CT molecular complexity index is 240. The van der Waals surface area contributed by atoms with Gasteiger partial charge in [-0.25, -0.2) is 4.39 Å². The van der Waals surface area contributed by atoms with Crippen molar-refractivity contribution >= 4 is 5.69 Å². The van der Waals surface area contributed by atoms with Crippen molar-refractivity contribution in [2.75, 3.05) is 18.5 Å². The summed E-state index contributed by atoms with van der Waals surface area (Å²) in [5.74, 6) is -0.254. The molecule has 66 valence electrons. The number of rotatable bonds is 4. The molecule has 12 heavy (non-hydrogen) atoms. The molecule has 0 spiro atoms. The Kier molecular flexibility index (Phi) is 3.54. The van der Waals surface area contributed by atoms with Gasteiger partial charge in [0.25, 0.3) is 0 Å². The number of anilines is 1. The maximum Gasteiger partial charge on any atom is 0.146 e. The van der Waals surface area contributed by atoms with Crippen LogP contribution < -0.4 is 5.32 Å². The summed E-state index contributed by atoms with van der Waals surface area (Å²) in [5, 5.41) is 11.4. The van der Waals surface area contributed by atoms with E-state index in [2.05, 4.69) is 5.32 Å². The van der Waals surface area contributed by atoms with Crippen molar-refractivity contribution in [2.24, 2.45) is 0 Å². The summed E-state index contributed by atoms with van der Waals surface area (Å²) in [6, 6.07) is 6.49. The SMILES string of the molecule is OCCCNc1ccccc1F. The van der Waals surface area contributed by atoms with E-state index >= 15 is 0 Å². The van der Waals surface area contributed by atoms with E-state index in [0.717, 1.165) is 0 Å². The van der Waals surface area contributed by atoms with Crippen LogP contribution in [0.5, 0.6) is 0 Å². The number of aliphatic hydroxyl groups is 1. The maximum atomic E-state index is 12.9. The molecule has 3 heteroatoms. The average molecular weight is 169 g/mol. The molecular formula is C9H12FNO. The zero-order valence-electron chi connectivity index (χ0n) is 6.76. The van der Waals surface area contributed by atoms with Gasteiger partial charge in [0.2, 0.25) is 0 Å². The molecule has 0 heterocycles. The van der Waals surface area contributed by atoms with Crippen molar-refractivity contribution in [3.05, 3.63) is 30.1 Å². The van der Waals surface area contributed by atoms with Gasteiger partial charge in [-0.1, -0.05) is 12.1 Å². The number of hydrogen-bond donors (Lipinski definition) is 2. The van der Waals surface area contributed by atoms with Gasteiger partial charge in [-0.05, 0) is 18.6 Å². The third kappa shape index (κ3) is 2.51. The normalized spacial score (nSPS) is 9.83. The van der Waals surface area contributed by atoms with Crippen molar-refractivity contribution in [3.8, 4) is 0 Å². The standard InChI is InChI=1S/C9H12FNO/c10-8-4-1-2-5-9(8)11-6-3-7-12/h1-2,4-5,11-12H,3,6-7H2. The molecule has 0 radical (unpaired) electrons. The summed E-state index contributed by atoms with van der Waals surface area (Å²) < 4.78 is 12.9. The van der Waals surface area contributed by atoms with Gasteiger partial charge < -0.3 is 10.4 Å². The molecule has 0 aliphatic heterocycles. The van der Waals surface area contributed by atoms with Gasteiger partial charge in [0, 0.05) is 13.2 Å². The van der Waals surface area contributed by atoms with Gasteiger partial charge in [0.15, 0.2) is 0 Å². The summed E-state index contributed by atoms with van der Waals surface area (Å²) in [6.07, 6.45) is 0.633. The number of hydrogen-bond acceptors (Lipinski definition) is 2. The summed E-state index contributed by atoms with van der Waals surface area (Å²) >= 11 is 0. The molecule has 0 amide bonds. The molecule has 2 nitrogen and oxygen atoms in total. The van der Waals surface area contributed by atoms with Gasteiger partial charge >= 0.3 is 0 Å². The summed E-state index contributed by atoms with van der Waals surface area (Å²) in [4.78, 5) is 0. The van der Waals surface area contributed by atoms with Crippen molar-refractivity contribution < 1.29 is 9.50 Å². The molecule has 0 bridgehead atoms. The van der Waals surface area contributed by atoms with Gasteiger partial charge in [0.05, 0.1) is 5.69 Å². The van der Waals surface area contributed by atoms with Crippen molar-refractivity contribution in [2.45, 2.75) is 6.42 Å². The van der Waals surface area contributed by atoms with E-state index in [1.54, 1.807) is 18.2 Å². The molecule has 1 aromatic rings. The van der Waals surface area contributed by atoms with Crippen LogP contribution in [0.1, 0.15) is 6.42 Å². The van der Waals surface area contributed by atoms with Crippen molar-refractivity contribution in [1.29, 1.82) is 0 Å². The zero-order valence-corrected chi connectivity index (χ0v) is 6.76. The van der Waals surface area contributed by atoms with Crippen LogP contribution in [0.4, 0.5) is 10.1 Å². The van der Waals surface area contributed by atoms with E-state index in [0.29, 0.717) is 18.7 Å². The van der Waals surface area contributed by atoms with Gasteiger partial charge in [-0.15, -0.1) is 0 Å². The first-order valence-corrected chi connectivity index (χ1v) is 3.94. The summed E-state index contributed by atoms with van der Waals surface area (Å²) in [6.45, 7) is 0.721. The second-order valence-corrected chi connectivity index (χ2v) is 2.48. The van der Waals surface area contributed by atoms with Crippen LogP contribution in [0.15, 0.2) is 24.3 Å². The minimum atomic E-state index is -0.254. The Morgan fingerprint density at radius 2 is 2.08 bits per heavy atom. The van der Waals surface area contributed by atoms with E-state index < -0.39 is 0 Å². The predicted octanol–water partition coefficient (Wildman–Crippen LogP) is 1.62. The van der Waals surface area contributed by atoms with Crippen LogP contribution in [0.2, 0.25) is 0 Å². The number of aliphatic hydroxyl groups excluding tert-OH is 1. The first-order valence-electron chi connectivity index (χ1n) is 3.94. The Hall–Kier alpha value is -1.09. The zero-order chi connectivity index (χ0) is 8.81. The first kappa shape index (κ1) is 9.00. The van der Waals surface area contributed by atoms with Crippen LogP contribution in [-0.2, 0) is 0 Å². The molecule has 1 aromatic carbocycles. The fraction of sp³-hybridized carbons (Fsp3) is 0.333. The molecular weight excluding hydrogens is 157 g/mol. The number of benzene rings is 1. The Balaban J connectivity index is 2.46. The highest BCUT2D eigenvalue weighted by atomic mass is 19.1. The van der Waals surface area contributed by atoms with E-state index in [1.807, 2.05) is 0 Å². The summed E-state index contributed by atoms with van der Waals surface area (Å²) in [5.41, 5.74) is 0.492. The van der Waals surface area contributed by atoms with E-state index in [9.17, 15) is 4.39 Å². The predicted molar refractivity (Wildman–Crippen MR) is 46.6 cm³/mol. The molecule has 0 aliphatic rings. The highest BCUT2D eigenvalue weighted by Gasteiger charge is 1.97. The van der Waals surface area contributed by atoms with Gasteiger partial charge in [-0.2, -0.15) is 0 Å². The van der Waals surface area contributed by atoms with Crippen molar-refractivity contribution in [1.82, 2.24) is 0 Å². The lowest BCUT2D eigenvalue weighted by molar-refractivity contribution is 0.292. The highest BCUT2D eigenvalue weighted by Crippen LogP contribution is 2.11. The van der Waals surface area contributed by atoms with Crippen LogP contribution in [0, 0.1) is 5.82 Å². The Morgan fingerprint density at radius 1 is 1.33 bits per heavy atom. The number of para-hydroxylation sites is 1. The van der Waals surface area contributed by atoms with Gasteiger partial charge in [-0.3, -0.25) is 0 Å². The smallest absolute Gasteiger partial charge is 0.146 e. The maximum absolute atomic E-state index is 12.9. The Labute approximate surface area is 71.0 Å². The second-order valence-electron chi connectivity index (χ2n) is 2.48. The molecule has 1 rings (SSSR count). The third-order valence-corrected chi connectivity index (χ3v) is 1.52. The monoisotopic (exact) mass is 169 g/mol. The first-order chi connectivity index (χ1) is 5.84. The number of halogens is 1. The molecule has 0 fully saturated rings. The molecule has 0 aromatic heterocycles. The second kappa shape index (κ2) is 4.72. The molecule has 2 N–H and O–H groups in total. The molecule has 0 atom stereocenters. The topological polar surface area (TPSA) is 32.3 Å². The van der Waals surface area contributed by atoms with Crippen LogP contribution in [0.3, 0.4) is 0 Å². The Morgan fingerprint density at radius 3 is 2.75 bits per heavy atom. The highest BCUT2D eigenvalue weighted by molar-refractivity contribution is 5.44. The van der Waals surface area contributed by atoms with Crippen LogP contribution >= 0.6 is 0 Å². The minimum Gasteiger partial charge on any atom is -0.396 e.